The number of carbonyl (C=O) groups excluding carboxylic acids is 2. The number of hydrogen-bond acceptors (Lipinski definition) is 6. The van der Waals surface area contributed by atoms with E-state index in [-0.39, 0.29) is 22.1 Å². The van der Waals surface area contributed by atoms with Crippen LogP contribution in [0.25, 0.3) is 5.76 Å². The van der Waals surface area contributed by atoms with Gasteiger partial charge in [0.15, 0.2) is 0 Å². The molecular formula is C27H24ClNO6. The molecule has 3 aromatic rings. The van der Waals surface area contributed by atoms with Gasteiger partial charge in [-0.1, -0.05) is 23.7 Å². The van der Waals surface area contributed by atoms with E-state index in [1.165, 1.54) is 24.1 Å². The number of phenols is 1. The zero-order valence-electron chi connectivity index (χ0n) is 19.4. The van der Waals surface area contributed by atoms with E-state index >= 15 is 0 Å². The highest BCUT2D eigenvalue weighted by Gasteiger charge is 2.47. The van der Waals surface area contributed by atoms with Crippen molar-refractivity contribution in [3.63, 3.8) is 0 Å². The minimum Gasteiger partial charge on any atom is -0.507 e. The maximum atomic E-state index is 13.3. The van der Waals surface area contributed by atoms with E-state index in [1.54, 1.807) is 48.5 Å². The summed E-state index contributed by atoms with van der Waals surface area (Å²) >= 11 is 6.17. The van der Waals surface area contributed by atoms with E-state index in [2.05, 4.69) is 0 Å². The first-order valence-corrected chi connectivity index (χ1v) is 11.3. The fourth-order valence-electron chi connectivity index (χ4n) is 4.14. The molecule has 1 heterocycles. The standard InChI is InChI=1S/C27H24ClNO6/c1-4-35-22-11-9-17(12-15(22)2)25(31)23-24(16-8-10-21(30)20(28)13-16)29(27(33)26(23)32)18-6-5-7-19(14-18)34-3/h5-14,24,30-31H,4H2,1-3H3/b25-23-. The quantitative estimate of drug-likeness (QED) is 0.271. The summed E-state index contributed by atoms with van der Waals surface area (Å²) in [7, 11) is 1.50. The smallest absolute Gasteiger partial charge is 0.300 e. The highest BCUT2D eigenvalue weighted by Crippen LogP contribution is 2.44. The largest absolute Gasteiger partial charge is 0.507 e. The lowest BCUT2D eigenvalue weighted by Crippen LogP contribution is -2.29. The number of aromatic hydroxyl groups is 1. The van der Waals surface area contributed by atoms with Crippen molar-refractivity contribution in [2.24, 2.45) is 0 Å². The van der Waals surface area contributed by atoms with Crippen LogP contribution in [0.3, 0.4) is 0 Å². The average Bonchev–Trinajstić information content (AvgIpc) is 3.12. The van der Waals surface area contributed by atoms with Gasteiger partial charge in [0.2, 0.25) is 0 Å². The van der Waals surface area contributed by atoms with Crippen molar-refractivity contribution in [2.75, 3.05) is 18.6 Å². The number of ether oxygens (including phenoxy) is 2. The molecule has 0 bridgehead atoms. The average molecular weight is 494 g/mol. The maximum absolute atomic E-state index is 13.3. The van der Waals surface area contributed by atoms with Crippen LogP contribution >= 0.6 is 11.6 Å². The van der Waals surface area contributed by atoms with Crippen LogP contribution in [0.4, 0.5) is 5.69 Å². The van der Waals surface area contributed by atoms with Crippen LogP contribution in [0.15, 0.2) is 66.2 Å². The first kappa shape index (κ1) is 24.2. The Bertz CT molecular complexity index is 1350. The molecule has 1 aliphatic heterocycles. The van der Waals surface area contributed by atoms with Crippen LogP contribution < -0.4 is 14.4 Å². The molecule has 8 heteroatoms. The predicted molar refractivity (Wildman–Crippen MR) is 133 cm³/mol. The third-order valence-corrected chi connectivity index (χ3v) is 6.11. The van der Waals surface area contributed by atoms with Crippen LogP contribution in [0.2, 0.25) is 5.02 Å². The van der Waals surface area contributed by atoms with Gasteiger partial charge in [0.25, 0.3) is 11.7 Å². The number of methoxy groups -OCH3 is 1. The van der Waals surface area contributed by atoms with Crippen LogP contribution in [-0.2, 0) is 9.59 Å². The molecule has 1 amide bonds. The molecule has 7 nitrogen and oxygen atoms in total. The van der Waals surface area contributed by atoms with Crippen LogP contribution in [0, 0.1) is 6.92 Å². The van der Waals surface area contributed by atoms with E-state index in [9.17, 15) is 19.8 Å². The molecule has 2 N–H and O–H groups in total. The molecule has 0 radical (unpaired) electrons. The van der Waals surface area contributed by atoms with Gasteiger partial charge in [-0.05, 0) is 67.4 Å². The minimum atomic E-state index is -0.993. The van der Waals surface area contributed by atoms with Crippen LogP contribution in [0.5, 0.6) is 17.2 Å². The van der Waals surface area contributed by atoms with Gasteiger partial charge < -0.3 is 19.7 Å². The lowest BCUT2D eigenvalue weighted by atomic mass is 9.94. The summed E-state index contributed by atoms with van der Waals surface area (Å²) in [4.78, 5) is 27.9. The van der Waals surface area contributed by atoms with Gasteiger partial charge in [-0.15, -0.1) is 0 Å². The first-order chi connectivity index (χ1) is 16.8. The second-order valence-electron chi connectivity index (χ2n) is 7.99. The third kappa shape index (κ3) is 4.42. The lowest BCUT2D eigenvalue weighted by molar-refractivity contribution is -0.132. The summed E-state index contributed by atoms with van der Waals surface area (Å²) in [5.41, 5.74) is 1.89. The van der Waals surface area contributed by atoms with E-state index < -0.39 is 17.7 Å². The van der Waals surface area contributed by atoms with Gasteiger partial charge in [0.1, 0.15) is 23.0 Å². The maximum Gasteiger partial charge on any atom is 0.300 e. The summed E-state index contributed by atoms with van der Waals surface area (Å²) in [5.74, 6) is -0.968. The van der Waals surface area contributed by atoms with Crippen molar-refractivity contribution < 1.29 is 29.3 Å². The third-order valence-electron chi connectivity index (χ3n) is 5.81. The predicted octanol–water partition coefficient (Wildman–Crippen LogP) is 5.39. The Morgan fingerprint density at radius 2 is 1.86 bits per heavy atom. The molecule has 4 rings (SSSR count). The number of aryl methyl sites for hydroxylation is 1. The molecule has 3 aromatic carbocycles. The first-order valence-electron chi connectivity index (χ1n) is 10.9. The van der Waals surface area contributed by atoms with Gasteiger partial charge in [-0.2, -0.15) is 0 Å². The van der Waals surface area contributed by atoms with Gasteiger partial charge >= 0.3 is 0 Å². The molecule has 0 spiro atoms. The number of nitrogens with zero attached hydrogens (tertiary/aromatic N) is 1. The summed E-state index contributed by atoms with van der Waals surface area (Å²) in [6, 6.07) is 15.2. The molecule has 0 aliphatic carbocycles. The minimum absolute atomic E-state index is 0.0515. The summed E-state index contributed by atoms with van der Waals surface area (Å²) in [6.07, 6.45) is 0. The molecule has 0 saturated carbocycles. The molecule has 1 atom stereocenters. The topological polar surface area (TPSA) is 96.3 Å². The Morgan fingerprint density at radius 3 is 2.51 bits per heavy atom. The van der Waals surface area contributed by atoms with Gasteiger partial charge in [-0.3, -0.25) is 14.5 Å². The Morgan fingerprint density at radius 1 is 1.09 bits per heavy atom. The van der Waals surface area contributed by atoms with Crippen molar-refractivity contribution in [3.8, 4) is 17.2 Å². The number of anilines is 1. The van der Waals surface area contributed by atoms with E-state index in [0.29, 0.717) is 34.9 Å². The van der Waals surface area contributed by atoms with Gasteiger partial charge in [-0.25, -0.2) is 0 Å². The number of halogens is 1. The van der Waals surface area contributed by atoms with Crippen molar-refractivity contribution in [3.05, 3.63) is 87.9 Å². The van der Waals surface area contributed by atoms with Crippen molar-refractivity contribution in [1.82, 2.24) is 0 Å². The highest BCUT2D eigenvalue weighted by atomic mass is 35.5. The number of aliphatic hydroxyl groups excluding tert-OH is 1. The Kier molecular flexibility index (Phi) is 6.71. The summed E-state index contributed by atoms with van der Waals surface area (Å²) < 4.78 is 10.9. The molecule has 35 heavy (non-hydrogen) atoms. The van der Waals surface area contributed by atoms with Crippen molar-refractivity contribution in [1.29, 1.82) is 0 Å². The second-order valence-corrected chi connectivity index (χ2v) is 8.40. The second kappa shape index (κ2) is 9.72. The van der Waals surface area contributed by atoms with Crippen molar-refractivity contribution in [2.45, 2.75) is 19.9 Å². The fourth-order valence-corrected chi connectivity index (χ4v) is 4.33. The Balaban J connectivity index is 1.93. The molecule has 1 unspecified atom stereocenters. The van der Waals surface area contributed by atoms with E-state index in [4.69, 9.17) is 21.1 Å². The van der Waals surface area contributed by atoms with Gasteiger partial charge in [0.05, 0.1) is 30.4 Å². The molecular weight excluding hydrogens is 470 g/mol. The summed E-state index contributed by atoms with van der Waals surface area (Å²) in [5, 5.41) is 21.3. The van der Waals surface area contributed by atoms with Crippen LogP contribution in [0.1, 0.15) is 29.7 Å². The number of rotatable bonds is 6. The molecule has 0 aromatic heterocycles. The van der Waals surface area contributed by atoms with Gasteiger partial charge in [0, 0.05) is 17.3 Å². The number of benzene rings is 3. The number of amides is 1. The zero-order chi connectivity index (χ0) is 25.3. The Labute approximate surface area is 207 Å². The zero-order valence-corrected chi connectivity index (χ0v) is 20.2. The SMILES string of the molecule is CCOc1ccc(/C(O)=C2/C(=O)C(=O)N(c3cccc(OC)c3)C2c2ccc(O)c(Cl)c2)cc1C. The van der Waals surface area contributed by atoms with Crippen LogP contribution in [-0.4, -0.2) is 35.6 Å². The number of hydrogen-bond donors (Lipinski definition) is 2. The monoisotopic (exact) mass is 493 g/mol. The van der Waals surface area contributed by atoms with E-state index in [1.807, 2.05) is 13.8 Å². The highest BCUT2D eigenvalue weighted by molar-refractivity contribution is 6.51. The number of phenolic OH excluding ortho intramolecular Hbond substituents is 1. The Hall–Kier alpha value is -3.97. The molecule has 1 aliphatic rings. The molecule has 1 fully saturated rings. The number of aliphatic hydroxyl groups is 1. The van der Waals surface area contributed by atoms with E-state index in [0.717, 1.165) is 5.56 Å². The summed E-state index contributed by atoms with van der Waals surface area (Å²) in [6.45, 7) is 4.18. The number of ketones is 1. The normalized spacial score (nSPS) is 17.0. The fraction of sp³-hybridized carbons (Fsp3) is 0.185. The molecule has 180 valence electrons. The number of carbonyl (C=O) groups is 2. The van der Waals surface area contributed by atoms with Crippen molar-refractivity contribution >= 4 is 34.7 Å². The lowest BCUT2D eigenvalue weighted by Gasteiger charge is -2.26. The number of Topliss-reactive ketones (excluding diaryl/α,β-unsaturated/α-hetero) is 1. The molecule has 1 saturated heterocycles.